The first-order valence-electron chi connectivity index (χ1n) is 10.9. The Morgan fingerprint density at radius 3 is 2.62 bits per heavy atom. The summed E-state index contributed by atoms with van der Waals surface area (Å²) >= 11 is 0. The second-order valence-corrected chi connectivity index (χ2v) is 8.54. The molecule has 2 atom stereocenters. The van der Waals surface area contributed by atoms with Gasteiger partial charge < -0.3 is 10.6 Å². The maximum atomic E-state index is 14.2. The Hall–Kier alpha value is -2.72. The summed E-state index contributed by atoms with van der Waals surface area (Å²) in [4.78, 5) is 50.0. The fourth-order valence-electron chi connectivity index (χ4n) is 4.56. The molecule has 2 unspecified atom stereocenters. The molecule has 3 aliphatic heterocycles. The first-order valence-corrected chi connectivity index (χ1v) is 10.9. The minimum Gasteiger partial charge on any atom is -0.316 e. The Balaban J connectivity index is 1.36. The van der Waals surface area contributed by atoms with Crippen LogP contribution >= 0.6 is 0 Å². The van der Waals surface area contributed by atoms with E-state index in [1.165, 1.54) is 0 Å². The van der Waals surface area contributed by atoms with Crippen molar-refractivity contribution in [2.75, 3.05) is 19.6 Å². The van der Waals surface area contributed by atoms with Crippen molar-refractivity contribution in [1.29, 1.82) is 0 Å². The second-order valence-electron chi connectivity index (χ2n) is 8.54. The monoisotopic (exact) mass is 448 g/mol. The zero-order valence-electron chi connectivity index (χ0n) is 17.6. The van der Waals surface area contributed by atoms with Crippen molar-refractivity contribution in [3.63, 3.8) is 0 Å². The van der Waals surface area contributed by atoms with E-state index in [4.69, 9.17) is 0 Å². The zero-order valence-corrected chi connectivity index (χ0v) is 17.6. The van der Waals surface area contributed by atoms with Crippen molar-refractivity contribution in [1.82, 2.24) is 20.9 Å². The van der Waals surface area contributed by atoms with Crippen LogP contribution in [0.15, 0.2) is 18.2 Å². The molecule has 4 rings (SSSR count). The average molecular weight is 448 g/mol. The number of carbonyl (C=O) groups is 4. The largest absolute Gasteiger partial charge is 0.316 e. The highest BCUT2D eigenvalue weighted by Crippen LogP contribution is 2.34. The molecule has 0 bridgehead atoms. The number of nitrogens with one attached hydrogen (secondary N) is 3. The number of piperidine rings is 1. The lowest BCUT2D eigenvalue weighted by Gasteiger charge is -2.27. The number of imide groups is 2. The lowest BCUT2D eigenvalue weighted by Crippen LogP contribution is -2.54. The third kappa shape index (κ3) is 4.42. The molecule has 0 spiro atoms. The molecule has 1 aromatic rings. The van der Waals surface area contributed by atoms with E-state index in [9.17, 15) is 28.0 Å². The maximum Gasteiger partial charge on any atom is 0.262 e. The van der Waals surface area contributed by atoms with Gasteiger partial charge in [0.25, 0.3) is 17.7 Å². The van der Waals surface area contributed by atoms with Crippen LogP contribution in [0.1, 0.15) is 58.4 Å². The number of carbonyl (C=O) groups excluding carboxylic acids is 4. The minimum atomic E-state index is -2.68. The second kappa shape index (κ2) is 9.03. The van der Waals surface area contributed by atoms with E-state index in [-0.39, 0.29) is 30.4 Å². The zero-order chi connectivity index (χ0) is 22.9. The van der Waals surface area contributed by atoms with E-state index in [0.29, 0.717) is 39.0 Å². The summed E-state index contributed by atoms with van der Waals surface area (Å²) in [5, 5.41) is 8.32. The van der Waals surface area contributed by atoms with E-state index >= 15 is 0 Å². The van der Waals surface area contributed by atoms with Crippen LogP contribution in [0.25, 0.3) is 0 Å². The molecule has 0 saturated carbocycles. The SMILES string of the molecule is O=C1CCC(N2C(=O)c3ccc(CNCCC4CCNCCC4(F)F)cc3C2=O)C(=O)N1. The molecule has 0 radical (unpaired) electrons. The first kappa shape index (κ1) is 22.5. The van der Waals surface area contributed by atoms with E-state index in [1.807, 2.05) is 0 Å². The molecule has 0 aliphatic carbocycles. The molecule has 3 aliphatic rings. The van der Waals surface area contributed by atoms with Crippen molar-refractivity contribution in [3.05, 3.63) is 34.9 Å². The van der Waals surface area contributed by atoms with Gasteiger partial charge in [0.1, 0.15) is 6.04 Å². The first-order chi connectivity index (χ1) is 15.3. The quantitative estimate of drug-likeness (QED) is 0.446. The number of hydrogen-bond acceptors (Lipinski definition) is 6. The summed E-state index contributed by atoms with van der Waals surface area (Å²) in [5.41, 5.74) is 1.17. The summed E-state index contributed by atoms with van der Waals surface area (Å²) in [6.45, 7) is 1.69. The number of benzene rings is 1. The van der Waals surface area contributed by atoms with Crippen LogP contribution in [0.4, 0.5) is 8.78 Å². The van der Waals surface area contributed by atoms with Gasteiger partial charge in [-0.2, -0.15) is 0 Å². The Labute approximate surface area is 184 Å². The number of rotatable bonds is 6. The topological polar surface area (TPSA) is 108 Å². The van der Waals surface area contributed by atoms with Crippen molar-refractivity contribution < 1.29 is 28.0 Å². The molecular weight excluding hydrogens is 422 g/mol. The predicted molar refractivity (Wildman–Crippen MR) is 110 cm³/mol. The molecular formula is C22H26F2N4O4. The van der Waals surface area contributed by atoms with Crippen LogP contribution < -0.4 is 16.0 Å². The highest BCUT2D eigenvalue weighted by molar-refractivity contribution is 6.23. The molecule has 3 N–H and O–H groups in total. The van der Waals surface area contributed by atoms with E-state index < -0.39 is 41.5 Å². The normalized spacial score (nSPS) is 25.5. The van der Waals surface area contributed by atoms with Gasteiger partial charge in [0.2, 0.25) is 11.8 Å². The molecule has 8 nitrogen and oxygen atoms in total. The number of alkyl halides is 2. The van der Waals surface area contributed by atoms with Crippen LogP contribution in [0.3, 0.4) is 0 Å². The fraction of sp³-hybridized carbons (Fsp3) is 0.545. The van der Waals surface area contributed by atoms with Crippen LogP contribution in [0.5, 0.6) is 0 Å². The Morgan fingerprint density at radius 1 is 1.06 bits per heavy atom. The lowest BCUT2D eigenvalue weighted by molar-refractivity contribution is -0.136. The van der Waals surface area contributed by atoms with Crippen LogP contribution in [-0.4, -0.2) is 60.1 Å². The van der Waals surface area contributed by atoms with Gasteiger partial charge in [-0.15, -0.1) is 0 Å². The van der Waals surface area contributed by atoms with Gasteiger partial charge in [-0.3, -0.25) is 29.4 Å². The average Bonchev–Trinajstić information content (AvgIpc) is 2.87. The molecule has 0 aromatic heterocycles. The standard InChI is InChI=1S/C22H26F2N4O4/c23-22(24)7-10-25-8-5-14(22)6-9-26-12-13-1-2-15-16(11-13)21(32)28(20(15)31)17-3-4-18(29)27-19(17)30/h1-2,11,14,17,25-26H,3-10,12H2,(H,27,29,30). The van der Waals surface area contributed by atoms with Gasteiger partial charge in [0.05, 0.1) is 11.1 Å². The molecule has 2 fully saturated rings. The number of amides is 4. The summed E-state index contributed by atoms with van der Waals surface area (Å²) in [6.07, 6.45) is 0.796. The molecule has 2 saturated heterocycles. The minimum absolute atomic E-state index is 0.0646. The third-order valence-electron chi connectivity index (χ3n) is 6.40. The Morgan fingerprint density at radius 2 is 1.84 bits per heavy atom. The van der Waals surface area contributed by atoms with Gasteiger partial charge >= 0.3 is 0 Å². The van der Waals surface area contributed by atoms with Gasteiger partial charge in [-0.05, 0) is 50.0 Å². The van der Waals surface area contributed by atoms with Crippen molar-refractivity contribution in [2.24, 2.45) is 5.92 Å². The number of fused-ring (bicyclic) bond motifs is 1. The molecule has 3 heterocycles. The highest BCUT2D eigenvalue weighted by Gasteiger charge is 2.44. The van der Waals surface area contributed by atoms with Gasteiger partial charge in [-0.25, -0.2) is 8.78 Å². The molecule has 32 heavy (non-hydrogen) atoms. The molecule has 172 valence electrons. The Kier molecular flexibility index (Phi) is 6.34. The maximum absolute atomic E-state index is 14.2. The number of hydrogen-bond donors (Lipinski definition) is 3. The fourth-order valence-corrected chi connectivity index (χ4v) is 4.56. The molecule has 10 heteroatoms. The summed E-state index contributed by atoms with van der Waals surface area (Å²) < 4.78 is 28.3. The van der Waals surface area contributed by atoms with Crippen molar-refractivity contribution >= 4 is 23.6 Å². The number of halogens is 2. The predicted octanol–water partition coefficient (Wildman–Crippen LogP) is 1.20. The van der Waals surface area contributed by atoms with Gasteiger partial charge in [0, 0.05) is 31.8 Å². The van der Waals surface area contributed by atoms with Gasteiger partial charge in [0.15, 0.2) is 0 Å². The smallest absolute Gasteiger partial charge is 0.262 e. The van der Waals surface area contributed by atoms with Crippen LogP contribution in [0, 0.1) is 5.92 Å². The van der Waals surface area contributed by atoms with Crippen LogP contribution in [-0.2, 0) is 16.1 Å². The molecule has 1 aromatic carbocycles. The summed E-state index contributed by atoms with van der Waals surface area (Å²) in [6, 6.07) is 3.84. The van der Waals surface area contributed by atoms with Gasteiger partial charge in [-0.1, -0.05) is 6.07 Å². The number of nitrogens with zero attached hydrogens (tertiary/aromatic N) is 1. The summed E-state index contributed by atoms with van der Waals surface area (Å²) in [5.74, 6) is -5.54. The van der Waals surface area contributed by atoms with Crippen molar-refractivity contribution in [3.8, 4) is 0 Å². The summed E-state index contributed by atoms with van der Waals surface area (Å²) in [7, 11) is 0. The molecule has 4 amide bonds. The van der Waals surface area contributed by atoms with E-state index in [1.54, 1.807) is 18.2 Å². The Bertz CT molecular complexity index is 952. The lowest BCUT2D eigenvalue weighted by atomic mass is 9.93. The van der Waals surface area contributed by atoms with Crippen LogP contribution in [0.2, 0.25) is 0 Å². The van der Waals surface area contributed by atoms with E-state index in [2.05, 4.69) is 16.0 Å². The highest BCUT2D eigenvalue weighted by atomic mass is 19.3. The van der Waals surface area contributed by atoms with E-state index in [0.717, 1.165) is 10.5 Å². The van der Waals surface area contributed by atoms with Crippen molar-refractivity contribution in [2.45, 2.75) is 50.6 Å². The third-order valence-corrected chi connectivity index (χ3v) is 6.40.